The van der Waals surface area contributed by atoms with Gasteiger partial charge in [0, 0.05) is 18.8 Å². The number of amides is 2. The van der Waals surface area contributed by atoms with Crippen molar-refractivity contribution in [3.63, 3.8) is 0 Å². The van der Waals surface area contributed by atoms with Crippen molar-refractivity contribution >= 4 is 23.5 Å². The topological polar surface area (TPSA) is 113 Å². The van der Waals surface area contributed by atoms with Crippen LogP contribution in [0.2, 0.25) is 0 Å². The van der Waals surface area contributed by atoms with Crippen LogP contribution in [0.4, 0.5) is 5.69 Å². The van der Waals surface area contributed by atoms with E-state index >= 15 is 0 Å². The van der Waals surface area contributed by atoms with Gasteiger partial charge in [0.15, 0.2) is 5.69 Å². The summed E-state index contributed by atoms with van der Waals surface area (Å²) in [6, 6.07) is 0.157. The SMILES string of the molecule is CCn1cc(NC(=O)[C@@H]2[C@@H]3CC[C@@H](C3)[C@@H]2C(=O)O)c(C(=O)NC2CCCC2)n1. The number of aryl methyl sites for hydroxylation is 1. The highest BCUT2D eigenvalue weighted by molar-refractivity contribution is 6.03. The number of hydrogen-bond donors (Lipinski definition) is 3. The average molecular weight is 388 g/mol. The molecule has 3 N–H and O–H groups in total. The minimum Gasteiger partial charge on any atom is -0.481 e. The van der Waals surface area contributed by atoms with Crippen molar-refractivity contribution in [1.29, 1.82) is 0 Å². The first-order chi connectivity index (χ1) is 13.5. The predicted molar refractivity (Wildman–Crippen MR) is 102 cm³/mol. The highest BCUT2D eigenvalue weighted by Gasteiger charge is 2.54. The molecule has 3 saturated carbocycles. The van der Waals surface area contributed by atoms with E-state index in [0.29, 0.717) is 12.2 Å². The third-order valence-electron chi connectivity index (χ3n) is 6.75. The fourth-order valence-corrected chi connectivity index (χ4v) is 5.41. The molecule has 28 heavy (non-hydrogen) atoms. The molecule has 0 spiro atoms. The molecule has 0 radical (unpaired) electrons. The van der Waals surface area contributed by atoms with Gasteiger partial charge in [0.25, 0.3) is 5.91 Å². The summed E-state index contributed by atoms with van der Waals surface area (Å²) in [5, 5.41) is 19.8. The number of nitrogens with one attached hydrogen (secondary N) is 2. The summed E-state index contributed by atoms with van der Waals surface area (Å²) in [4.78, 5) is 37.4. The summed E-state index contributed by atoms with van der Waals surface area (Å²) in [5.74, 6) is -2.44. The molecule has 3 fully saturated rings. The van der Waals surface area contributed by atoms with E-state index in [1.165, 1.54) is 0 Å². The molecule has 8 nitrogen and oxygen atoms in total. The van der Waals surface area contributed by atoms with Crippen LogP contribution in [0.3, 0.4) is 0 Å². The normalized spacial score (nSPS) is 29.2. The van der Waals surface area contributed by atoms with E-state index in [1.807, 2.05) is 6.92 Å². The Morgan fingerprint density at radius 2 is 1.82 bits per heavy atom. The summed E-state index contributed by atoms with van der Waals surface area (Å²) >= 11 is 0. The molecular weight excluding hydrogens is 360 g/mol. The molecule has 4 rings (SSSR count). The third kappa shape index (κ3) is 3.40. The highest BCUT2D eigenvalue weighted by atomic mass is 16.4. The van der Waals surface area contributed by atoms with Crippen molar-refractivity contribution in [3.8, 4) is 0 Å². The summed E-state index contributed by atoms with van der Waals surface area (Å²) in [6.45, 7) is 2.49. The Bertz CT molecular complexity index is 783. The van der Waals surface area contributed by atoms with Gasteiger partial charge in [0.2, 0.25) is 5.91 Å². The predicted octanol–water partition coefficient (Wildman–Crippen LogP) is 2.26. The highest BCUT2D eigenvalue weighted by Crippen LogP contribution is 2.52. The van der Waals surface area contributed by atoms with E-state index in [2.05, 4.69) is 15.7 Å². The van der Waals surface area contributed by atoms with E-state index in [9.17, 15) is 19.5 Å². The van der Waals surface area contributed by atoms with E-state index in [1.54, 1.807) is 10.9 Å². The molecule has 2 bridgehead atoms. The van der Waals surface area contributed by atoms with Crippen LogP contribution < -0.4 is 10.6 Å². The van der Waals surface area contributed by atoms with Crippen LogP contribution >= 0.6 is 0 Å². The van der Waals surface area contributed by atoms with Crippen LogP contribution in [0.5, 0.6) is 0 Å². The zero-order chi connectivity index (χ0) is 19.8. The Morgan fingerprint density at radius 3 is 2.46 bits per heavy atom. The Kier molecular flexibility index (Phi) is 5.12. The van der Waals surface area contributed by atoms with E-state index in [-0.39, 0.29) is 35.4 Å². The number of aliphatic carboxylic acids is 1. The van der Waals surface area contributed by atoms with Crippen molar-refractivity contribution in [1.82, 2.24) is 15.1 Å². The maximum atomic E-state index is 13.0. The lowest BCUT2D eigenvalue weighted by Crippen LogP contribution is -2.38. The second kappa shape index (κ2) is 7.56. The Hall–Kier alpha value is -2.38. The number of carbonyl (C=O) groups excluding carboxylic acids is 2. The number of hydrogen-bond acceptors (Lipinski definition) is 4. The maximum absolute atomic E-state index is 13.0. The van der Waals surface area contributed by atoms with Crippen molar-refractivity contribution in [2.24, 2.45) is 23.7 Å². The van der Waals surface area contributed by atoms with Crippen molar-refractivity contribution in [2.75, 3.05) is 5.32 Å². The molecule has 1 aromatic rings. The van der Waals surface area contributed by atoms with Gasteiger partial charge in [0.05, 0.1) is 17.5 Å². The first-order valence-corrected chi connectivity index (χ1v) is 10.4. The number of nitrogens with zero attached hydrogens (tertiary/aromatic N) is 2. The van der Waals surface area contributed by atoms with Crippen LogP contribution in [0.25, 0.3) is 0 Å². The van der Waals surface area contributed by atoms with E-state index < -0.39 is 17.8 Å². The van der Waals surface area contributed by atoms with Crippen LogP contribution in [0.1, 0.15) is 62.4 Å². The zero-order valence-electron chi connectivity index (χ0n) is 16.2. The molecule has 3 aliphatic carbocycles. The van der Waals surface area contributed by atoms with Gasteiger partial charge in [-0.2, -0.15) is 5.10 Å². The second-order valence-electron chi connectivity index (χ2n) is 8.41. The van der Waals surface area contributed by atoms with E-state index in [4.69, 9.17) is 0 Å². The number of rotatable bonds is 6. The molecular formula is C20H28N4O4. The second-order valence-corrected chi connectivity index (χ2v) is 8.41. The smallest absolute Gasteiger partial charge is 0.307 e. The Labute approximate surface area is 164 Å². The maximum Gasteiger partial charge on any atom is 0.307 e. The monoisotopic (exact) mass is 388 g/mol. The van der Waals surface area contributed by atoms with Crippen LogP contribution in [-0.4, -0.2) is 38.7 Å². The van der Waals surface area contributed by atoms with Crippen LogP contribution in [-0.2, 0) is 16.1 Å². The summed E-state index contributed by atoms with van der Waals surface area (Å²) < 4.78 is 1.62. The largest absolute Gasteiger partial charge is 0.481 e. The molecule has 0 saturated heterocycles. The lowest BCUT2D eigenvalue weighted by molar-refractivity contribution is -0.148. The van der Waals surface area contributed by atoms with Crippen molar-refractivity contribution < 1.29 is 19.5 Å². The van der Waals surface area contributed by atoms with Gasteiger partial charge in [-0.05, 0) is 50.9 Å². The minimum atomic E-state index is -0.893. The fraction of sp³-hybridized carbons (Fsp3) is 0.700. The standard InChI is InChI=1S/C20H28N4O4/c1-2-24-10-14(17(23-24)19(26)21-13-5-3-4-6-13)22-18(25)15-11-7-8-12(9-11)16(15)20(27)28/h10-13,15-16H,2-9H2,1H3,(H,21,26)(H,22,25)(H,27,28)/t11-,12+,15-,16+/m1/s1. The minimum absolute atomic E-state index is 0.0850. The summed E-state index contributed by atoms with van der Waals surface area (Å²) in [5.41, 5.74) is 0.575. The fourth-order valence-electron chi connectivity index (χ4n) is 5.41. The number of carboxylic acid groups (broad SMARTS) is 1. The molecule has 3 aliphatic rings. The molecule has 0 unspecified atom stereocenters. The van der Waals surface area contributed by atoms with Gasteiger partial charge in [-0.3, -0.25) is 19.1 Å². The zero-order valence-corrected chi connectivity index (χ0v) is 16.2. The molecule has 4 atom stereocenters. The van der Waals surface area contributed by atoms with Crippen molar-refractivity contribution in [3.05, 3.63) is 11.9 Å². The third-order valence-corrected chi connectivity index (χ3v) is 6.75. The Balaban J connectivity index is 1.52. The number of carboxylic acids is 1. The van der Waals surface area contributed by atoms with E-state index in [0.717, 1.165) is 44.9 Å². The van der Waals surface area contributed by atoms with Gasteiger partial charge in [-0.15, -0.1) is 0 Å². The Morgan fingerprint density at radius 1 is 1.14 bits per heavy atom. The first-order valence-electron chi connectivity index (χ1n) is 10.4. The summed E-state index contributed by atoms with van der Waals surface area (Å²) in [7, 11) is 0. The lowest BCUT2D eigenvalue weighted by atomic mass is 9.78. The van der Waals surface area contributed by atoms with Gasteiger partial charge in [0.1, 0.15) is 0 Å². The van der Waals surface area contributed by atoms with Crippen LogP contribution in [0.15, 0.2) is 6.20 Å². The van der Waals surface area contributed by atoms with Crippen LogP contribution in [0, 0.1) is 23.7 Å². The molecule has 1 heterocycles. The molecule has 0 aromatic carbocycles. The summed E-state index contributed by atoms with van der Waals surface area (Å²) in [6.07, 6.45) is 8.39. The average Bonchev–Trinajstić information content (AvgIpc) is 3.44. The van der Waals surface area contributed by atoms with Gasteiger partial charge in [-0.1, -0.05) is 12.8 Å². The number of carbonyl (C=O) groups is 3. The lowest BCUT2D eigenvalue weighted by Gasteiger charge is -2.26. The number of aromatic nitrogens is 2. The van der Waals surface area contributed by atoms with Gasteiger partial charge in [-0.25, -0.2) is 0 Å². The molecule has 152 valence electrons. The first kappa shape index (κ1) is 19.0. The molecule has 0 aliphatic heterocycles. The molecule has 8 heteroatoms. The number of fused-ring (bicyclic) bond motifs is 2. The molecule has 2 amide bonds. The quantitative estimate of drug-likeness (QED) is 0.692. The van der Waals surface area contributed by atoms with Gasteiger partial charge < -0.3 is 15.7 Å². The van der Waals surface area contributed by atoms with Crippen molar-refractivity contribution in [2.45, 2.75) is 64.5 Å². The van der Waals surface area contributed by atoms with Gasteiger partial charge >= 0.3 is 5.97 Å². The molecule has 1 aromatic heterocycles. The number of anilines is 1.